The molecule has 2 aliphatic rings. The van der Waals surface area contributed by atoms with E-state index in [1.165, 1.54) is 0 Å². The van der Waals surface area contributed by atoms with Gasteiger partial charge in [0, 0.05) is 0 Å². The van der Waals surface area contributed by atoms with Crippen LogP contribution in [-0.4, -0.2) is 11.1 Å². The van der Waals surface area contributed by atoms with Crippen LogP contribution >= 0.6 is 0 Å². The zero-order valence-corrected chi connectivity index (χ0v) is 14.4. The quantitative estimate of drug-likeness (QED) is 0.660. The molecule has 4 nitrogen and oxygen atoms in total. The fourth-order valence-electron chi connectivity index (χ4n) is 3.88. The van der Waals surface area contributed by atoms with Gasteiger partial charge in [0.15, 0.2) is 0 Å². The summed E-state index contributed by atoms with van der Waals surface area (Å²) in [6, 6.07) is 4.97. The minimum absolute atomic E-state index is 0.434. The number of azo groups is 1. The van der Waals surface area contributed by atoms with Crippen LogP contribution in [0.4, 0.5) is 0 Å². The third-order valence-corrected chi connectivity index (χ3v) is 6.54. The van der Waals surface area contributed by atoms with Crippen LogP contribution in [0, 0.1) is 33.5 Å². The third kappa shape index (κ3) is 2.54. The second kappa shape index (κ2) is 5.65. The molecule has 0 aromatic rings. The van der Waals surface area contributed by atoms with Crippen molar-refractivity contribution in [2.45, 2.75) is 90.1 Å². The zero-order chi connectivity index (χ0) is 16.5. The molecule has 0 heterocycles. The molecule has 4 heteroatoms. The van der Waals surface area contributed by atoms with Gasteiger partial charge in [0.2, 0.25) is 0 Å². The number of nitrogens with zero attached hydrogens (tertiary/aromatic N) is 4. The van der Waals surface area contributed by atoms with Crippen LogP contribution in [0.1, 0.15) is 79.1 Å². The van der Waals surface area contributed by atoms with Crippen molar-refractivity contribution >= 4 is 0 Å². The molecule has 0 aromatic heterocycles. The topological polar surface area (TPSA) is 72.3 Å². The molecule has 2 rings (SSSR count). The van der Waals surface area contributed by atoms with E-state index in [4.69, 9.17) is 10.2 Å². The second-order valence-electron chi connectivity index (χ2n) is 8.05. The summed E-state index contributed by atoms with van der Waals surface area (Å²) in [5.74, 6) is 0. The van der Waals surface area contributed by atoms with Gasteiger partial charge >= 0.3 is 0 Å². The molecule has 2 fully saturated rings. The SMILES string of the molecule is CC1(C#N)CCCCC1(C)N=NC1(C)CCCCC1(C)C#N. The maximum atomic E-state index is 9.63. The number of hydrogen-bond donors (Lipinski definition) is 0. The Morgan fingerprint density at radius 2 is 0.955 bits per heavy atom. The first-order valence-electron chi connectivity index (χ1n) is 8.51. The molecule has 0 aliphatic heterocycles. The Labute approximate surface area is 134 Å². The molecule has 4 atom stereocenters. The molecule has 2 aliphatic carbocycles. The number of hydrogen-bond acceptors (Lipinski definition) is 4. The van der Waals surface area contributed by atoms with Crippen LogP contribution in [0.3, 0.4) is 0 Å². The van der Waals surface area contributed by atoms with Gasteiger partial charge in [-0.1, -0.05) is 25.7 Å². The van der Waals surface area contributed by atoms with Crippen molar-refractivity contribution < 1.29 is 0 Å². The van der Waals surface area contributed by atoms with E-state index in [0.29, 0.717) is 0 Å². The smallest absolute Gasteiger partial charge is 0.0970 e. The molecule has 0 saturated heterocycles. The Hall–Kier alpha value is -1.42. The molecule has 22 heavy (non-hydrogen) atoms. The predicted octanol–water partition coefficient (Wildman–Crippen LogP) is 5.16. The van der Waals surface area contributed by atoms with Gasteiger partial charge in [-0.3, -0.25) is 0 Å². The Kier molecular flexibility index (Phi) is 4.35. The van der Waals surface area contributed by atoms with Crippen molar-refractivity contribution in [1.82, 2.24) is 0 Å². The van der Waals surface area contributed by atoms with Crippen molar-refractivity contribution in [3.8, 4) is 12.1 Å². The normalized spacial score (nSPS) is 46.1. The molecule has 0 spiro atoms. The first kappa shape index (κ1) is 16.9. The lowest BCUT2D eigenvalue weighted by molar-refractivity contribution is 0.115. The lowest BCUT2D eigenvalue weighted by Gasteiger charge is -2.45. The summed E-state index contributed by atoms with van der Waals surface area (Å²) in [6.45, 7) is 8.15. The van der Waals surface area contributed by atoms with Gasteiger partial charge in [0.25, 0.3) is 0 Å². The monoisotopic (exact) mass is 300 g/mol. The zero-order valence-electron chi connectivity index (χ0n) is 14.4. The van der Waals surface area contributed by atoms with Gasteiger partial charge in [-0.15, -0.1) is 0 Å². The molecular weight excluding hydrogens is 272 g/mol. The summed E-state index contributed by atoms with van der Waals surface area (Å²) in [5, 5.41) is 28.7. The van der Waals surface area contributed by atoms with Gasteiger partial charge in [-0.05, 0) is 53.4 Å². The van der Waals surface area contributed by atoms with E-state index in [-0.39, 0.29) is 0 Å². The molecule has 0 aromatic carbocycles. The maximum absolute atomic E-state index is 9.63. The molecule has 120 valence electrons. The summed E-state index contributed by atoms with van der Waals surface area (Å²) in [4.78, 5) is 0. The largest absolute Gasteiger partial charge is 0.198 e. The summed E-state index contributed by atoms with van der Waals surface area (Å²) in [7, 11) is 0. The molecule has 0 N–H and O–H groups in total. The van der Waals surface area contributed by atoms with Crippen molar-refractivity contribution in [2.75, 3.05) is 0 Å². The third-order valence-electron chi connectivity index (χ3n) is 6.54. The minimum atomic E-state index is -0.456. The lowest BCUT2D eigenvalue weighted by atomic mass is 9.63. The highest BCUT2D eigenvalue weighted by molar-refractivity contribution is 5.15. The highest BCUT2D eigenvalue weighted by Gasteiger charge is 2.51. The van der Waals surface area contributed by atoms with Crippen molar-refractivity contribution in [3.63, 3.8) is 0 Å². The average molecular weight is 300 g/mol. The summed E-state index contributed by atoms with van der Waals surface area (Å²) < 4.78 is 0. The van der Waals surface area contributed by atoms with Crippen LogP contribution in [0.15, 0.2) is 10.2 Å². The van der Waals surface area contributed by atoms with E-state index in [1.807, 2.05) is 13.8 Å². The van der Waals surface area contributed by atoms with E-state index in [1.54, 1.807) is 0 Å². The van der Waals surface area contributed by atoms with E-state index in [2.05, 4.69) is 26.0 Å². The van der Waals surface area contributed by atoms with Crippen molar-refractivity contribution in [1.29, 1.82) is 10.5 Å². The molecule has 0 radical (unpaired) electrons. The molecule has 0 amide bonds. The van der Waals surface area contributed by atoms with Gasteiger partial charge < -0.3 is 0 Å². The first-order chi connectivity index (χ1) is 10.2. The average Bonchev–Trinajstić information content (AvgIpc) is 2.52. The Morgan fingerprint density at radius 1 is 0.636 bits per heavy atom. The van der Waals surface area contributed by atoms with Crippen molar-refractivity contribution in [3.05, 3.63) is 0 Å². The predicted molar refractivity (Wildman–Crippen MR) is 86.0 cm³/mol. The Balaban J connectivity index is 2.33. The maximum Gasteiger partial charge on any atom is 0.0970 e. The highest BCUT2D eigenvalue weighted by Crippen LogP contribution is 2.50. The molecular formula is C18H28N4. The van der Waals surface area contributed by atoms with Gasteiger partial charge in [0.1, 0.15) is 0 Å². The molecule has 2 saturated carbocycles. The van der Waals surface area contributed by atoms with Gasteiger partial charge in [0.05, 0.1) is 34.0 Å². The van der Waals surface area contributed by atoms with Crippen molar-refractivity contribution in [2.24, 2.45) is 21.1 Å². The van der Waals surface area contributed by atoms with Gasteiger partial charge in [-0.25, -0.2) is 0 Å². The van der Waals surface area contributed by atoms with E-state index in [9.17, 15) is 10.5 Å². The van der Waals surface area contributed by atoms with Gasteiger partial charge in [-0.2, -0.15) is 20.8 Å². The molecule has 0 bridgehead atoms. The minimum Gasteiger partial charge on any atom is -0.198 e. The van der Waals surface area contributed by atoms with Crippen LogP contribution in [0.5, 0.6) is 0 Å². The summed E-state index contributed by atoms with van der Waals surface area (Å²) in [5.41, 5.74) is -1.78. The first-order valence-corrected chi connectivity index (χ1v) is 8.51. The number of nitriles is 2. The lowest BCUT2D eigenvalue weighted by Crippen LogP contribution is -2.47. The fraction of sp³-hybridized carbons (Fsp3) is 0.889. The summed E-state index contributed by atoms with van der Waals surface area (Å²) >= 11 is 0. The standard InChI is InChI=1S/C18H28N4/c1-15(13-19)9-5-7-11-17(15,3)21-22-18(4)12-8-6-10-16(18,2)14-20/h5-12H2,1-4H3. The summed E-state index contributed by atoms with van der Waals surface area (Å²) in [6.07, 6.45) is 7.93. The van der Waals surface area contributed by atoms with E-state index in [0.717, 1.165) is 51.4 Å². The van der Waals surface area contributed by atoms with E-state index >= 15 is 0 Å². The molecule has 4 unspecified atom stereocenters. The van der Waals surface area contributed by atoms with Crippen LogP contribution in [-0.2, 0) is 0 Å². The van der Waals surface area contributed by atoms with Crippen LogP contribution in [0.25, 0.3) is 0 Å². The number of rotatable bonds is 2. The fourth-order valence-corrected chi connectivity index (χ4v) is 3.88. The second-order valence-corrected chi connectivity index (χ2v) is 8.05. The Bertz CT molecular complexity index is 494. The Morgan fingerprint density at radius 3 is 1.27 bits per heavy atom. The van der Waals surface area contributed by atoms with Crippen LogP contribution < -0.4 is 0 Å². The highest BCUT2D eigenvalue weighted by atomic mass is 15.2. The van der Waals surface area contributed by atoms with Crippen LogP contribution in [0.2, 0.25) is 0 Å². The van der Waals surface area contributed by atoms with E-state index < -0.39 is 21.9 Å².